The van der Waals surface area contributed by atoms with Crippen molar-refractivity contribution in [3.63, 3.8) is 0 Å². The fourth-order valence-electron chi connectivity index (χ4n) is 0.984. The first-order valence-corrected chi connectivity index (χ1v) is 5.58. The highest BCUT2D eigenvalue weighted by Gasteiger charge is 2.11. The Morgan fingerprint density at radius 3 is 2.93 bits per heavy atom. The molecular weight excluding hydrogens is 212 g/mol. The third kappa shape index (κ3) is 3.26. The molecule has 0 saturated carbocycles. The number of hydrogen-bond acceptors (Lipinski definition) is 5. The van der Waals surface area contributed by atoms with Gasteiger partial charge in [-0.2, -0.15) is 0 Å². The molecule has 1 amide bonds. The third-order valence-electron chi connectivity index (χ3n) is 2.17. The maximum absolute atomic E-state index is 11.1. The van der Waals surface area contributed by atoms with Gasteiger partial charge in [-0.1, -0.05) is 0 Å². The van der Waals surface area contributed by atoms with E-state index in [1.54, 1.807) is 0 Å². The van der Waals surface area contributed by atoms with Crippen LogP contribution in [-0.4, -0.2) is 28.9 Å². The standard InChI is InChI=1S/C9H16N4OS/c1-6(2)13(3)4-7-5-15-9(11-7)8(14)12-10/h5-6H,4,10H2,1-3H3,(H,12,14). The molecule has 1 heterocycles. The Bertz CT molecular complexity index is 337. The molecule has 0 radical (unpaired) electrons. The minimum Gasteiger partial charge on any atom is -0.298 e. The van der Waals surface area contributed by atoms with Crippen molar-refractivity contribution in [2.24, 2.45) is 5.84 Å². The second-order valence-electron chi connectivity index (χ2n) is 3.63. The molecule has 15 heavy (non-hydrogen) atoms. The normalized spacial score (nSPS) is 11.1. The predicted octanol–water partition coefficient (Wildman–Crippen LogP) is 0.587. The summed E-state index contributed by atoms with van der Waals surface area (Å²) >= 11 is 1.31. The number of nitrogens with two attached hydrogens (primary N) is 1. The second-order valence-corrected chi connectivity index (χ2v) is 4.48. The zero-order valence-electron chi connectivity index (χ0n) is 9.15. The van der Waals surface area contributed by atoms with Crippen molar-refractivity contribution >= 4 is 17.2 Å². The number of nitrogens with one attached hydrogen (secondary N) is 1. The Kier molecular flexibility index (Phi) is 4.19. The van der Waals surface area contributed by atoms with E-state index in [1.165, 1.54) is 11.3 Å². The minimum absolute atomic E-state index is 0.335. The number of carbonyl (C=O) groups excluding carboxylic acids is 1. The molecule has 84 valence electrons. The summed E-state index contributed by atoms with van der Waals surface area (Å²) in [6.07, 6.45) is 0. The predicted molar refractivity (Wildman–Crippen MR) is 60.4 cm³/mol. The van der Waals surface area contributed by atoms with E-state index >= 15 is 0 Å². The lowest BCUT2D eigenvalue weighted by Gasteiger charge is -2.19. The molecule has 1 aromatic rings. The summed E-state index contributed by atoms with van der Waals surface area (Å²) in [7, 11) is 2.02. The Morgan fingerprint density at radius 2 is 2.40 bits per heavy atom. The first kappa shape index (κ1) is 12.1. The van der Waals surface area contributed by atoms with Gasteiger partial charge in [-0.3, -0.25) is 15.1 Å². The average Bonchev–Trinajstić information content (AvgIpc) is 2.65. The van der Waals surface area contributed by atoms with E-state index in [9.17, 15) is 4.79 Å². The Labute approximate surface area is 93.3 Å². The molecule has 1 aromatic heterocycles. The highest BCUT2D eigenvalue weighted by molar-refractivity contribution is 7.11. The van der Waals surface area contributed by atoms with Gasteiger partial charge in [-0.25, -0.2) is 10.8 Å². The fraction of sp³-hybridized carbons (Fsp3) is 0.556. The number of nitrogens with zero attached hydrogens (tertiary/aromatic N) is 2. The lowest BCUT2D eigenvalue weighted by molar-refractivity contribution is 0.0953. The molecule has 0 aliphatic heterocycles. The van der Waals surface area contributed by atoms with E-state index < -0.39 is 0 Å². The highest BCUT2D eigenvalue weighted by Crippen LogP contribution is 2.11. The van der Waals surface area contributed by atoms with E-state index in [2.05, 4.69) is 29.2 Å². The number of amides is 1. The lowest BCUT2D eigenvalue weighted by Crippen LogP contribution is -2.30. The molecule has 3 N–H and O–H groups in total. The van der Waals surface area contributed by atoms with Gasteiger partial charge in [0.05, 0.1) is 5.69 Å². The Morgan fingerprint density at radius 1 is 1.73 bits per heavy atom. The van der Waals surface area contributed by atoms with Crippen molar-refractivity contribution in [1.29, 1.82) is 0 Å². The van der Waals surface area contributed by atoms with Crippen LogP contribution in [0.4, 0.5) is 0 Å². The van der Waals surface area contributed by atoms with Crippen LogP contribution < -0.4 is 11.3 Å². The van der Waals surface area contributed by atoms with Gasteiger partial charge in [0, 0.05) is 18.0 Å². The number of rotatable bonds is 4. The lowest BCUT2D eigenvalue weighted by atomic mass is 10.3. The topological polar surface area (TPSA) is 71.2 Å². The second kappa shape index (κ2) is 5.20. The zero-order valence-corrected chi connectivity index (χ0v) is 9.97. The molecule has 0 unspecified atom stereocenters. The summed E-state index contributed by atoms with van der Waals surface area (Å²) in [5.74, 6) is 4.68. The van der Waals surface area contributed by atoms with Crippen LogP contribution in [0.5, 0.6) is 0 Å². The summed E-state index contributed by atoms with van der Waals surface area (Å²) in [4.78, 5) is 17.5. The van der Waals surface area contributed by atoms with Crippen molar-refractivity contribution in [2.45, 2.75) is 26.4 Å². The number of thiazole rings is 1. The van der Waals surface area contributed by atoms with Crippen LogP contribution in [0.1, 0.15) is 29.3 Å². The Balaban J connectivity index is 2.64. The number of hydrogen-bond donors (Lipinski definition) is 2. The largest absolute Gasteiger partial charge is 0.298 e. The van der Waals surface area contributed by atoms with Gasteiger partial charge >= 0.3 is 0 Å². The van der Waals surface area contributed by atoms with Gasteiger partial charge in [0.15, 0.2) is 5.01 Å². The highest BCUT2D eigenvalue weighted by atomic mass is 32.1. The summed E-state index contributed by atoms with van der Waals surface area (Å²) < 4.78 is 0. The van der Waals surface area contributed by atoms with Crippen LogP contribution >= 0.6 is 11.3 Å². The fourth-order valence-corrected chi connectivity index (χ4v) is 1.69. The summed E-state index contributed by atoms with van der Waals surface area (Å²) in [6, 6.07) is 0.457. The van der Waals surface area contributed by atoms with Gasteiger partial charge in [0.25, 0.3) is 5.91 Å². The molecule has 0 saturated heterocycles. The van der Waals surface area contributed by atoms with Gasteiger partial charge in [-0.05, 0) is 20.9 Å². The van der Waals surface area contributed by atoms with E-state index in [0.717, 1.165) is 12.2 Å². The molecule has 0 spiro atoms. The van der Waals surface area contributed by atoms with Crippen molar-refractivity contribution in [3.8, 4) is 0 Å². The molecular formula is C9H16N4OS. The number of aromatic nitrogens is 1. The number of carbonyl (C=O) groups is 1. The van der Waals surface area contributed by atoms with Crippen LogP contribution in [0.15, 0.2) is 5.38 Å². The van der Waals surface area contributed by atoms with Gasteiger partial charge in [0.1, 0.15) is 0 Å². The van der Waals surface area contributed by atoms with E-state index in [1.807, 2.05) is 12.4 Å². The van der Waals surface area contributed by atoms with Crippen LogP contribution in [0.2, 0.25) is 0 Å². The maximum Gasteiger partial charge on any atom is 0.294 e. The van der Waals surface area contributed by atoms with Crippen LogP contribution in [0.3, 0.4) is 0 Å². The van der Waals surface area contributed by atoms with Crippen molar-refractivity contribution < 1.29 is 4.79 Å². The van der Waals surface area contributed by atoms with Crippen LogP contribution in [0, 0.1) is 0 Å². The van der Waals surface area contributed by atoms with Gasteiger partial charge < -0.3 is 0 Å². The molecule has 5 nitrogen and oxygen atoms in total. The molecule has 0 bridgehead atoms. The zero-order chi connectivity index (χ0) is 11.4. The first-order valence-electron chi connectivity index (χ1n) is 4.70. The Hall–Kier alpha value is -0.980. The molecule has 0 aliphatic rings. The quantitative estimate of drug-likeness (QED) is 0.449. The van der Waals surface area contributed by atoms with Crippen LogP contribution in [-0.2, 0) is 6.54 Å². The minimum atomic E-state index is -0.335. The average molecular weight is 228 g/mol. The molecule has 6 heteroatoms. The van der Waals surface area contributed by atoms with Gasteiger partial charge in [0.2, 0.25) is 0 Å². The third-order valence-corrected chi connectivity index (χ3v) is 3.06. The van der Waals surface area contributed by atoms with E-state index in [4.69, 9.17) is 5.84 Å². The SMILES string of the molecule is CC(C)N(C)Cc1csc(C(=O)NN)n1. The monoisotopic (exact) mass is 228 g/mol. The molecule has 0 atom stereocenters. The first-order chi connectivity index (χ1) is 7.04. The van der Waals surface area contributed by atoms with Crippen molar-refractivity contribution in [1.82, 2.24) is 15.3 Å². The van der Waals surface area contributed by atoms with Crippen LogP contribution in [0.25, 0.3) is 0 Å². The molecule has 0 aromatic carbocycles. The summed E-state index contributed by atoms with van der Waals surface area (Å²) in [5, 5.41) is 2.29. The van der Waals surface area contributed by atoms with E-state index in [-0.39, 0.29) is 5.91 Å². The number of nitrogen functional groups attached to an aromatic ring is 1. The maximum atomic E-state index is 11.1. The molecule has 0 fully saturated rings. The molecule has 1 rings (SSSR count). The van der Waals surface area contributed by atoms with Gasteiger partial charge in [-0.15, -0.1) is 11.3 Å². The smallest absolute Gasteiger partial charge is 0.294 e. The van der Waals surface area contributed by atoms with Crippen molar-refractivity contribution in [2.75, 3.05) is 7.05 Å². The van der Waals surface area contributed by atoms with Crippen molar-refractivity contribution in [3.05, 3.63) is 16.1 Å². The van der Waals surface area contributed by atoms with E-state index in [0.29, 0.717) is 11.0 Å². The number of hydrazine groups is 1. The summed E-state index contributed by atoms with van der Waals surface area (Å²) in [5.41, 5.74) is 2.96. The summed E-state index contributed by atoms with van der Waals surface area (Å²) in [6.45, 7) is 4.96. The molecule has 0 aliphatic carbocycles.